The van der Waals surface area contributed by atoms with Gasteiger partial charge < -0.3 is 5.32 Å². The number of thioether (sulfide) groups is 1. The van der Waals surface area contributed by atoms with Crippen LogP contribution in [0.15, 0.2) is 71.9 Å². The number of aromatic amines is 1. The van der Waals surface area contributed by atoms with Gasteiger partial charge in [-0.05, 0) is 55.3 Å². The van der Waals surface area contributed by atoms with E-state index in [2.05, 4.69) is 34.3 Å². The lowest BCUT2D eigenvalue weighted by molar-refractivity contribution is -0.0438. The molecule has 3 aromatic carbocycles. The van der Waals surface area contributed by atoms with Crippen LogP contribution in [-0.4, -0.2) is 71.2 Å². The molecular weight excluding hydrogens is 697 g/mol. The standard InChI is InChI=1S/C34H32F4N6O2S3/c1-32(2,20-10-5-4-6-11-20)44-21-13-14-33(44,18-39-16-21)28-27-26(25-22-12-8-7-9-19(22)15-24-23(25)17-40-42-24)29(35)48-30(27)43(31(41-28)47-3)49(45,46)34(36,37)38/h4-12,15,17,21,31,39H,13-14,16,18H2,1-3H3,(H,40,42). The lowest BCUT2D eigenvalue weighted by Gasteiger charge is -2.54. The molecule has 15 heteroatoms. The first-order valence-electron chi connectivity index (χ1n) is 15.8. The van der Waals surface area contributed by atoms with Crippen LogP contribution in [0.25, 0.3) is 32.8 Å². The summed E-state index contributed by atoms with van der Waals surface area (Å²) < 4.78 is 87.3. The number of fused-ring (bicyclic) bond motifs is 5. The first kappa shape index (κ1) is 32.7. The fourth-order valence-electron chi connectivity index (χ4n) is 8.29. The number of thiophene rings is 1. The van der Waals surface area contributed by atoms with E-state index < -0.39 is 37.2 Å². The summed E-state index contributed by atoms with van der Waals surface area (Å²) in [5, 5.41) is 11.5. The van der Waals surface area contributed by atoms with E-state index in [1.807, 2.05) is 60.7 Å². The lowest BCUT2D eigenvalue weighted by atomic mass is 9.78. The van der Waals surface area contributed by atoms with Crippen molar-refractivity contribution in [3.05, 3.63) is 83.1 Å². The van der Waals surface area contributed by atoms with Crippen LogP contribution in [0.4, 0.5) is 22.6 Å². The average molecular weight is 729 g/mol. The molecule has 2 fully saturated rings. The molecule has 2 aromatic heterocycles. The third-order valence-corrected chi connectivity index (χ3v) is 13.7. The molecule has 2 N–H and O–H groups in total. The van der Waals surface area contributed by atoms with Crippen LogP contribution >= 0.6 is 23.1 Å². The Hall–Kier alpha value is -3.50. The zero-order valence-electron chi connectivity index (χ0n) is 26.7. The summed E-state index contributed by atoms with van der Waals surface area (Å²) in [4.78, 5) is 7.35. The quantitative estimate of drug-likeness (QED) is 0.177. The molecule has 5 heterocycles. The third-order valence-electron chi connectivity index (χ3n) is 10.2. The van der Waals surface area contributed by atoms with Crippen molar-refractivity contribution in [1.29, 1.82) is 0 Å². The maximum atomic E-state index is 17.0. The number of aliphatic imine (C=N–C) groups is 1. The van der Waals surface area contributed by atoms with Crippen molar-refractivity contribution in [2.75, 3.05) is 23.7 Å². The number of hydrogen-bond donors (Lipinski definition) is 2. The van der Waals surface area contributed by atoms with Gasteiger partial charge in [-0.2, -0.15) is 31.1 Å². The van der Waals surface area contributed by atoms with Crippen LogP contribution in [0.5, 0.6) is 0 Å². The lowest BCUT2D eigenvalue weighted by Crippen LogP contribution is -2.69. The number of H-pyrrole nitrogens is 1. The number of nitrogens with one attached hydrogen (secondary N) is 2. The third kappa shape index (κ3) is 4.65. The number of benzene rings is 3. The second-order valence-corrected chi connectivity index (χ2v) is 16.8. The highest BCUT2D eigenvalue weighted by Gasteiger charge is 2.61. The summed E-state index contributed by atoms with van der Waals surface area (Å²) >= 11 is 1.28. The van der Waals surface area contributed by atoms with E-state index in [9.17, 15) is 21.6 Å². The summed E-state index contributed by atoms with van der Waals surface area (Å²) in [6.07, 6.45) is 4.42. The highest BCUT2D eigenvalue weighted by atomic mass is 32.2. The number of piperazine rings is 1. The first-order chi connectivity index (χ1) is 23.3. The maximum Gasteiger partial charge on any atom is 0.516 e. The molecule has 0 amide bonds. The molecule has 0 saturated carbocycles. The van der Waals surface area contributed by atoms with Crippen molar-refractivity contribution in [1.82, 2.24) is 20.4 Å². The molecule has 2 saturated heterocycles. The Morgan fingerprint density at radius 1 is 1.02 bits per heavy atom. The number of sulfonamides is 1. The fourth-order valence-corrected chi connectivity index (χ4v) is 11.7. The fraction of sp³-hybridized carbons (Fsp3) is 0.353. The Kier molecular flexibility index (Phi) is 7.51. The molecule has 8 nitrogen and oxygen atoms in total. The van der Waals surface area contributed by atoms with Crippen LogP contribution in [0, 0.1) is 5.13 Å². The van der Waals surface area contributed by atoms with Crippen LogP contribution < -0.4 is 9.62 Å². The van der Waals surface area contributed by atoms with Crippen molar-refractivity contribution in [2.45, 2.75) is 54.8 Å². The Balaban J connectivity index is 1.47. The Labute approximate surface area is 288 Å². The summed E-state index contributed by atoms with van der Waals surface area (Å²) in [6.45, 7) is 5.31. The number of halogens is 4. The van der Waals surface area contributed by atoms with Gasteiger partial charge in [0.05, 0.1) is 23.0 Å². The van der Waals surface area contributed by atoms with E-state index in [1.54, 1.807) is 6.20 Å². The van der Waals surface area contributed by atoms with Crippen molar-refractivity contribution in [3.8, 4) is 11.1 Å². The molecule has 0 spiro atoms. The molecule has 3 atom stereocenters. The largest absolute Gasteiger partial charge is 0.516 e. The van der Waals surface area contributed by atoms with Gasteiger partial charge in [0, 0.05) is 46.7 Å². The van der Waals surface area contributed by atoms with E-state index >= 15 is 4.39 Å². The van der Waals surface area contributed by atoms with Crippen LogP contribution in [0.1, 0.15) is 37.8 Å². The summed E-state index contributed by atoms with van der Waals surface area (Å²) in [7, 11) is -5.99. The second kappa shape index (κ2) is 11.3. The minimum atomic E-state index is -5.99. The molecule has 0 radical (unpaired) electrons. The minimum absolute atomic E-state index is 0.0183. The highest BCUT2D eigenvalue weighted by molar-refractivity contribution is 8.01. The van der Waals surface area contributed by atoms with E-state index in [1.165, 1.54) is 6.26 Å². The average Bonchev–Trinajstić information content (AvgIpc) is 3.75. The molecule has 2 bridgehead atoms. The predicted octanol–water partition coefficient (Wildman–Crippen LogP) is 7.43. The molecule has 5 aromatic rings. The molecule has 3 aliphatic heterocycles. The van der Waals surface area contributed by atoms with Gasteiger partial charge in [-0.15, -0.1) is 11.8 Å². The van der Waals surface area contributed by atoms with E-state index in [4.69, 9.17) is 4.99 Å². The second-order valence-electron chi connectivity index (χ2n) is 13.2. The predicted molar refractivity (Wildman–Crippen MR) is 188 cm³/mol. The summed E-state index contributed by atoms with van der Waals surface area (Å²) in [5.41, 5.74) is -6.12. The Morgan fingerprint density at radius 3 is 2.49 bits per heavy atom. The number of alkyl halides is 3. The first-order valence-corrected chi connectivity index (χ1v) is 19.3. The summed E-state index contributed by atoms with van der Waals surface area (Å²) in [5.74, 6) is 0. The molecular formula is C34H32F4N6O2S3. The van der Waals surface area contributed by atoms with Crippen LogP contribution in [0.3, 0.4) is 0 Å². The van der Waals surface area contributed by atoms with Crippen LogP contribution in [-0.2, 0) is 15.6 Å². The Bertz CT molecular complexity index is 2250. The smallest absolute Gasteiger partial charge is 0.313 e. The molecule has 8 rings (SSSR count). The van der Waals surface area contributed by atoms with E-state index in [0.717, 1.165) is 29.1 Å². The number of rotatable bonds is 6. The van der Waals surface area contributed by atoms with Crippen molar-refractivity contribution < 1.29 is 26.0 Å². The zero-order valence-corrected chi connectivity index (χ0v) is 29.1. The number of aromatic nitrogens is 2. The number of anilines is 1. The highest BCUT2D eigenvalue weighted by Crippen LogP contribution is 2.56. The molecule has 0 aliphatic carbocycles. The van der Waals surface area contributed by atoms with Crippen molar-refractivity contribution in [2.24, 2.45) is 4.99 Å². The normalized spacial score (nSPS) is 23.3. The molecule has 3 aliphatic rings. The minimum Gasteiger partial charge on any atom is -0.313 e. The topological polar surface area (TPSA) is 93.7 Å². The van der Waals surface area contributed by atoms with Gasteiger partial charge in [0.25, 0.3) is 0 Å². The van der Waals surface area contributed by atoms with E-state index in [-0.39, 0.29) is 26.5 Å². The zero-order chi connectivity index (χ0) is 34.5. The van der Waals surface area contributed by atoms with Gasteiger partial charge in [0.15, 0.2) is 10.6 Å². The number of nitrogens with zero attached hydrogens (tertiary/aromatic N) is 4. The van der Waals surface area contributed by atoms with Gasteiger partial charge in [0.1, 0.15) is 5.00 Å². The van der Waals surface area contributed by atoms with Crippen LogP contribution in [0.2, 0.25) is 0 Å². The van der Waals surface area contributed by atoms with Gasteiger partial charge in [-0.25, -0.2) is 4.31 Å². The van der Waals surface area contributed by atoms with Gasteiger partial charge in [0.2, 0.25) is 0 Å². The monoisotopic (exact) mass is 728 g/mol. The van der Waals surface area contributed by atoms with E-state index in [0.29, 0.717) is 58.4 Å². The SMILES string of the molecule is CSC1N=C(C23CCC(CNC2)N3C(C)(C)c2ccccc2)c2c(sc(F)c2-c2c3ccccc3cc3[nH]ncc23)N1S(=O)(=O)C(F)(F)F. The van der Waals surface area contributed by atoms with Gasteiger partial charge in [-0.3, -0.25) is 15.0 Å². The Morgan fingerprint density at radius 2 is 1.76 bits per heavy atom. The van der Waals surface area contributed by atoms with Crippen molar-refractivity contribution in [3.63, 3.8) is 0 Å². The summed E-state index contributed by atoms with van der Waals surface area (Å²) in [6, 6.07) is 19.2. The number of hydrogen-bond acceptors (Lipinski definition) is 8. The molecule has 3 unspecified atom stereocenters. The van der Waals surface area contributed by atoms with Gasteiger partial charge >= 0.3 is 15.5 Å². The van der Waals surface area contributed by atoms with Crippen molar-refractivity contribution >= 4 is 65.5 Å². The van der Waals surface area contributed by atoms with Gasteiger partial charge in [-0.1, -0.05) is 65.9 Å². The molecule has 256 valence electrons. The molecule has 49 heavy (non-hydrogen) atoms. The maximum absolute atomic E-state index is 17.0.